The Balaban J connectivity index is 1.99. The molecule has 0 spiro atoms. The third-order valence-corrected chi connectivity index (χ3v) is 3.13. The van der Waals surface area contributed by atoms with E-state index < -0.39 is 0 Å². The Hall–Kier alpha value is -2.43. The summed E-state index contributed by atoms with van der Waals surface area (Å²) in [7, 11) is 0. The summed E-state index contributed by atoms with van der Waals surface area (Å²) >= 11 is 0. The van der Waals surface area contributed by atoms with Crippen LogP contribution in [0.4, 0.5) is 5.69 Å². The molecule has 1 atom stereocenters. The summed E-state index contributed by atoms with van der Waals surface area (Å²) < 4.78 is 10.4. The topological polar surface area (TPSA) is 59.0 Å². The number of carbonyl (C=O) groups excluding carboxylic acids is 1. The number of anilines is 1. The first-order chi connectivity index (χ1) is 9.25. The number of ketones is 1. The Morgan fingerprint density at radius 2 is 2.16 bits per heavy atom. The number of phenols is 1. The average molecular weight is 259 g/mol. The maximum absolute atomic E-state index is 11.6. The number of allylic oxidation sites excluding steroid dienone is 1. The molecular formula is C14H13NO4. The lowest BCUT2D eigenvalue weighted by atomic mass is 10.0. The highest BCUT2D eigenvalue weighted by atomic mass is 16.7. The lowest BCUT2D eigenvalue weighted by Gasteiger charge is -2.32. The van der Waals surface area contributed by atoms with Gasteiger partial charge in [0.15, 0.2) is 11.5 Å². The molecule has 1 aromatic rings. The number of benzene rings is 1. The van der Waals surface area contributed by atoms with Gasteiger partial charge in [-0.25, -0.2) is 0 Å². The summed E-state index contributed by atoms with van der Waals surface area (Å²) in [6, 6.07) is 6.70. The highest BCUT2D eigenvalue weighted by Crippen LogP contribution is 2.34. The minimum absolute atomic E-state index is 0.0214. The lowest BCUT2D eigenvalue weighted by Crippen LogP contribution is -2.37. The first-order valence-electron chi connectivity index (χ1n) is 5.97. The molecule has 5 nitrogen and oxygen atoms in total. The highest BCUT2D eigenvalue weighted by molar-refractivity contribution is 5.93. The number of ether oxygens (including phenoxy) is 2. The van der Waals surface area contributed by atoms with Crippen LogP contribution < -0.4 is 4.90 Å². The van der Waals surface area contributed by atoms with Crippen molar-refractivity contribution in [3.05, 3.63) is 48.6 Å². The zero-order valence-corrected chi connectivity index (χ0v) is 10.2. The van der Waals surface area contributed by atoms with Crippen molar-refractivity contribution in [2.45, 2.75) is 12.5 Å². The summed E-state index contributed by atoms with van der Waals surface area (Å²) in [4.78, 5) is 13.4. The van der Waals surface area contributed by atoms with Gasteiger partial charge in [-0.15, -0.1) is 0 Å². The molecule has 0 saturated carbocycles. The first kappa shape index (κ1) is 11.6. The predicted octanol–water partition coefficient (Wildman–Crippen LogP) is 1.90. The molecule has 1 aromatic carbocycles. The molecule has 2 aliphatic heterocycles. The van der Waals surface area contributed by atoms with Crippen molar-refractivity contribution in [1.29, 1.82) is 0 Å². The van der Waals surface area contributed by atoms with Gasteiger partial charge in [-0.1, -0.05) is 12.1 Å². The van der Waals surface area contributed by atoms with Crippen molar-refractivity contribution in [3.8, 4) is 5.75 Å². The van der Waals surface area contributed by atoms with E-state index in [4.69, 9.17) is 9.47 Å². The summed E-state index contributed by atoms with van der Waals surface area (Å²) in [5, 5.41) is 9.94. The maximum Gasteiger partial charge on any atom is 0.229 e. The van der Waals surface area contributed by atoms with Crippen LogP contribution in [0.5, 0.6) is 5.75 Å². The first-order valence-corrected chi connectivity index (χ1v) is 5.97. The van der Waals surface area contributed by atoms with Crippen molar-refractivity contribution in [2.75, 3.05) is 11.7 Å². The monoisotopic (exact) mass is 259 g/mol. The van der Waals surface area contributed by atoms with Gasteiger partial charge in [0.25, 0.3) is 0 Å². The number of para-hydroxylation sites is 2. The SMILES string of the molecule is O=C1C=CN(c2ccccc2O)[C@H](C2=COCO2)C1. The second-order valence-electron chi connectivity index (χ2n) is 4.35. The van der Waals surface area contributed by atoms with Crippen LogP contribution in [0.3, 0.4) is 0 Å². The average Bonchev–Trinajstić information content (AvgIpc) is 2.93. The van der Waals surface area contributed by atoms with Crippen molar-refractivity contribution >= 4 is 11.5 Å². The minimum Gasteiger partial charge on any atom is -0.506 e. The van der Waals surface area contributed by atoms with Crippen LogP contribution in [0, 0.1) is 0 Å². The maximum atomic E-state index is 11.6. The summed E-state index contributed by atoms with van der Waals surface area (Å²) in [5.74, 6) is 0.778. The van der Waals surface area contributed by atoms with Gasteiger partial charge in [0, 0.05) is 12.6 Å². The summed E-state index contributed by atoms with van der Waals surface area (Å²) in [6.45, 7) is 0.165. The standard InChI is InChI=1S/C14H13NO4/c16-10-5-6-15(11-3-1-2-4-13(11)17)12(7-10)14-8-18-9-19-14/h1-6,8,12,17H,7,9H2/t12-/m0/s1. The third kappa shape index (κ3) is 2.14. The van der Waals surface area contributed by atoms with Gasteiger partial charge in [-0.05, 0) is 18.2 Å². The molecule has 0 bridgehead atoms. The molecular weight excluding hydrogens is 246 g/mol. The molecule has 2 heterocycles. The zero-order chi connectivity index (χ0) is 13.2. The molecule has 0 aromatic heterocycles. The molecule has 0 unspecified atom stereocenters. The molecule has 0 amide bonds. The quantitative estimate of drug-likeness (QED) is 0.879. The molecule has 5 heteroatoms. The van der Waals surface area contributed by atoms with E-state index in [9.17, 15) is 9.90 Å². The molecule has 19 heavy (non-hydrogen) atoms. The Kier molecular flexibility index (Phi) is 2.87. The summed E-state index contributed by atoms with van der Waals surface area (Å²) in [5.41, 5.74) is 0.632. The smallest absolute Gasteiger partial charge is 0.229 e. The molecule has 1 N–H and O–H groups in total. The van der Waals surface area contributed by atoms with Gasteiger partial charge in [0.05, 0.1) is 5.69 Å². The number of hydrogen-bond donors (Lipinski definition) is 1. The van der Waals surface area contributed by atoms with Crippen LogP contribution >= 0.6 is 0 Å². The third-order valence-electron chi connectivity index (χ3n) is 3.13. The van der Waals surface area contributed by atoms with E-state index in [1.165, 1.54) is 12.3 Å². The second-order valence-corrected chi connectivity index (χ2v) is 4.35. The molecule has 0 aliphatic carbocycles. The van der Waals surface area contributed by atoms with Crippen LogP contribution in [-0.2, 0) is 14.3 Å². The fourth-order valence-corrected chi connectivity index (χ4v) is 2.22. The van der Waals surface area contributed by atoms with Crippen molar-refractivity contribution < 1.29 is 19.4 Å². The van der Waals surface area contributed by atoms with E-state index in [0.717, 1.165) is 0 Å². The number of nitrogens with zero attached hydrogens (tertiary/aromatic N) is 1. The van der Waals surface area contributed by atoms with E-state index >= 15 is 0 Å². The molecule has 0 saturated heterocycles. The van der Waals surface area contributed by atoms with E-state index in [0.29, 0.717) is 17.9 Å². The Bertz CT molecular complexity index is 564. The van der Waals surface area contributed by atoms with Crippen LogP contribution in [-0.4, -0.2) is 23.7 Å². The number of carbonyl (C=O) groups is 1. The van der Waals surface area contributed by atoms with Crippen LogP contribution in [0.1, 0.15) is 6.42 Å². The van der Waals surface area contributed by atoms with Crippen molar-refractivity contribution in [1.82, 2.24) is 0 Å². The van der Waals surface area contributed by atoms with Crippen LogP contribution in [0.25, 0.3) is 0 Å². The fourth-order valence-electron chi connectivity index (χ4n) is 2.22. The Morgan fingerprint density at radius 3 is 2.89 bits per heavy atom. The van der Waals surface area contributed by atoms with Crippen LogP contribution in [0.15, 0.2) is 48.6 Å². The Labute approximate surface area is 110 Å². The van der Waals surface area contributed by atoms with E-state index in [2.05, 4.69) is 0 Å². The lowest BCUT2D eigenvalue weighted by molar-refractivity contribution is -0.115. The van der Waals surface area contributed by atoms with E-state index in [-0.39, 0.29) is 24.4 Å². The molecule has 2 aliphatic rings. The largest absolute Gasteiger partial charge is 0.506 e. The highest BCUT2D eigenvalue weighted by Gasteiger charge is 2.31. The number of phenolic OH excluding ortho intramolecular Hbond substituents is 1. The normalized spacial score (nSPS) is 21.9. The van der Waals surface area contributed by atoms with E-state index in [1.54, 1.807) is 24.4 Å². The van der Waals surface area contributed by atoms with Gasteiger partial charge < -0.3 is 19.5 Å². The minimum atomic E-state index is -0.284. The number of rotatable bonds is 2. The van der Waals surface area contributed by atoms with Crippen molar-refractivity contribution in [3.63, 3.8) is 0 Å². The van der Waals surface area contributed by atoms with Crippen molar-refractivity contribution in [2.24, 2.45) is 0 Å². The molecule has 0 radical (unpaired) electrons. The van der Waals surface area contributed by atoms with Crippen LogP contribution in [0.2, 0.25) is 0 Å². The van der Waals surface area contributed by atoms with E-state index in [1.807, 2.05) is 11.0 Å². The zero-order valence-electron chi connectivity index (χ0n) is 10.2. The molecule has 3 rings (SSSR count). The van der Waals surface area contributed by atoms with Gasteiger partial charge in [0.1, 0.15) is 18.1 Å². The number of hydrogen-bond acceptors (Lipinski definition) is 5. The van der Waals surface area contributed by atoms with Gasteiger partial charge in [-0.2, -0.15) is 0 Å². The molecule has 0 fully saturated rings. The van der Waals surface area contributed by atoms with Gasteiger partial charge in [0.2, 0.25) is 6.79 Å². The summed E-state index contributed by atoms with van der Waals surface area (Å²) in [6.07, 6.45) is 4.97. The Morgan fingerprint density at radius 1 is 1.32 bits per heavy atom. The fraction of sp³-hybridized carbons (Fsp3) is 0.214. The van der Waals surface area contributed by atoms with Gasteiger partial charge >= 0.3 is 0 Å². The molecule has 98 valence electrons. The predicted molar refractivity (Wildman–Crippen MR) is 68.3 cm³/mol. The number of aromatic hydroxyl groups is 1. The second kappa shape index (κ2) is 4.68. The van der Waals surface area contributed by atoms with Gasteiger partial charge in [-0.3, -0.25) is 4.79 Å².